The second-order valence-electron chi connectivity index (χ2n) is 14.2. The first kappa shape index (κ1) is 36.7. The molecule has 11 nitrogen and oxygen atoms in total. The zero-order valence-corrected chi connectivity index (χ0v) is 32.5. The Kier molecular flexibility index (Phi) is 10.6. The Balaban J connectivity index is 1.26. The van der Waals surface area contributed by atoms with Gasteiger partial charge in [0.1, 0.15) is 11.6 Å². The van der Waals surface area contributed by atoms with Crippen molar-refractivity contribution in [3.63, 3.8) is 0 Å². The molecule has 2 aliphatic heterocycles. The van der Waals surface area contributed by atoms with E-state index in [4.69, 9.17) is 9.97 Å². The number of benzene rings is 3. The molecule has 0 aliphatic carbocycles. The van der Waals surface area contributed by atoms with E-state index in [9.17, 15) is 16.8 Å². The van der Waals surface area contributed by atoms with Gasteiger partial charge in [-0.15, -0.1) is 0 Å². The zero-order valence-electron chi connectivity index (χ0n) is 30.8. The highest BCUT2D eigenvalue weighted by Gasteiger charge is 2.29. The van der Waals surface area contributed by atoms with Crippen LogP contribution >= 0.6 is 0 Å². The molecule has 0 spiro atoms. The Bertz CT molecular complexity index is 2150. The highest BCUT2D eigenvalue weighted by Crippen LogP contribution is 2.31. The van der Waals surface area contributed by atoms with Gasteiger partial charge in [0.15, 0.2) is 0 Å². The zero-order chi connectivity index (χ0) is 36.6. The van der Waals surface area contributed by atoms with Crippen molar-refractivity contribution >= 4 is 42.1 Å². The Morgan fingerprint density at radius 2 is 1.10 bits per heavy atom. The second-order valence-corrected chi connectivity index (χ2v) is 18.1. The quantitative estimate of drug-likeness (QED) is 0.137. The molecule has 1 atom stereocenters. The van der Waals surface area contributed by atoms with Crippen molar-refractivity contribution in [1.29, 1.82) is 0 Å². The van der Waals surface area contributed by atoms with Crippen LogP contribution in [-0.2, 0) is 46.2 Å². The number of hydrogen-bond acceptors (Lipinski definition) is 7. The van der Waals surface area contributed by atoms with Crippen LogP contribution in [0.1, 0.15) is 88.1 Å². The van der Waals surface area contributed by atoms with Crippen molar-refractivity contribution in [2.24, 2.45) is 0 Å². The lowest BCUT2D eigenvalue weighted by Gasteiger charge is -2.30. The van der Waals surface area contributed by atoms with Gasteiger partial charge in [-0.25, -0.2) is 26.8 Å². The third kappa shape index (κ3) is 6.93. The minimum atomic E-state index is -3.60. The van der Waals surface area contributed by atoms with Gasteiger partial charge in [-0.3, -0.25) is 4.90 Å². The predicted octanol–water partition coefficient (Wildman–Crippen LogP) is 6.85. The van der Waals surface area contributed by atoms with E-state index in [1.165, 1.54) is 11.1 Å². The molecule has 0 saturated carbocycles. The summed E-state index contributed by atoms with van der Waals surface area (Å²) in [5.41, 5.74) is 5.53. The predicted molar refractivity (Wildman–Crippen MR) is 205 cm³/mol. The van der Waals surface area contributed by atoms with Gasteiger partial charge in [-0.1, -0.05) is 37.1 Å². The molecule has 0 unspecified atom stereocenters. The van der Waals surface area contributed by atoms with E-state index < -0.39 is 20.0 Å². The summed E-state index contributed by atoms with van der Waals surface area (Å²) in [6, 6.07) is 19.1. The number of nitrogens with zero attached hydrogens (tertiary/aromatic N) is 7. The summed E-state index contributed by atoms with van der Waals surface area (Å²) in [7, 11) is -7.20. The number of aryl methyl sites for hydroxylation is 3. The van der Waals surface area contributed by atoms with Gasteiger partial charge in [0, 0.05) is 45.3 Å². The molecule has 7 rings (SSSR count). The van der Waals surface area contributed by atoms with Gasteiger partial charge in [0.2, 0.25) is 20.0 Å². The van der Waals surface area contributed by atoms with Crippen molar-refractivity contribution < 1.29 is 16.8 Å². The van der Waals surface area contributed by atoms with Gasteiger partial charge in [-0.05, 0) is 101 Å². The first-order valence-corrected chi connectivity index (χ1v) is 21.7. The maximum atomic E-state index is 13.6. The molecule has 2 fully saturated rings. The Morgan fingerprint density at radius 3 is 1.52 bits per heavy atom. The minimum Gasteiger partial charge on any atom is -0.327 e. The third-order valence-corrected chi connectivity index (χ3v) is 14.8. The number of aromatic nitrogens is 4. The average molecular weight is 746 g/mol. The molecule has 13 heteroatoms. The van der Waals surface area contributed by atoms with Crippen molar-refractivity contribution in [3.05, 3.63) is 83.4 Å². The lowest BCUT2D eigenvalue weighted by molar-refractivity contribution is 0.177. The summed E-state index contributed by atoms with van der Waals surface area (Å²) in [6.07, 6.45) is 5.66. The summed E-state index contributed by atoms with van der Waals surface area (Å²) < 4.78 is 61.9. The average Bonchev–Trinajstić information content (AvgIpc) is 3.70. The van der Waals surface area contributed by atoms with Gasteiger partial charge >= 0.3 is 0 Å². The van der Waals surface area contributed by atoms with Gasteiger partial charge in [0.05, 0.1) is 44.9 Å². The number of hydrogen-bond donors (Lipinski definition) is 0. The maximum absolute atomic E-state index is 13.6. The van der Waals surface area contributed by atoms with Crippen LogP contribution in [0.4, 0.5) is 0 Å². The smallest absolute Gasteiger partial charge is 0.243 e. The van der Waals surface area contributed by atoms with E-state index in [2.05, 4.69) is 59.9 Å². The summed E-state index contributed by atoms with van der Waals surface area (Å²) in [5, 5.41) is 0. The van der Waals surface area contributed by atoms with E-state index in [1.54, 1.807) is 32.9 Å². The van der Waals surface area contributed by atoms with Crippen molar-refractivity contribution in [3.8, 4) is 0 Å². The van der Waals surface area contributed by atoms with Gasteiger partial charge < -0.3 is 9.13 Å². The Labute approximate surface area is 308 Å². The minimum absolute atomic E-state index is 0.0125. The molecule has 0 N–H and O–H groups in total. The lowest BCUT2D eigenvalue weighted by atomic mass is 10.0. The molecule has 4 heterocycles. The van der Waals surface area contributed by atoms with E-state index in [1.807, 2.05) is 18.2 Å². The fraction of sp³-hybridized carbons (Fsp3) is 0.487. The molecule has 0 amide bonds. The van der Waals surface area contributed by atoms with Crippen LogP contribution < -0.4 is 0 Å². The van der Waals surface area contributed by atoms with E-state index in [0.717, 1.165) is 61.2 Å². The highest BCUT2D eigenvalue weighted by molar-refractivity contribution is 7.89. The molecule has 0 radical (unpaired) electrons. The third-order valence-electron chi connectivity index (χ3n) is 11.0. The first-order valence-electron chi connectivity index (χ1n) is 18.8. The number of imidazole rings is 2. The number of sulfonamides is 2. The monoisotopic (exact) mass is 745 g/mol. The molecular formula is C39H51N7O4S2. The SMILES string of the molecule is CCn1c(CN(Cc2nc3cc(S(=O)(=O)N4CCCCC4)ccc3n2CC)[C@@H](C)c2ccccc2C)nc2cc(S(=O)(=O)N3CCCCC3)ccc21. The molecule has 2 aliphatic rings. The number of fused-ring (bicyclic) bond motifs is 2. The molecule has 5 aromatic rings. The summed E-state index contributed by atoms with van der Waals surface area (Å²) in [4.78, 5) is 13.1. The van der Waals surface area contributed by atoms with Crippen LogP contribution in [0.15, 0.2) is 70.5 Å². The van der Waals surface area contributed by atoms with E-state index in [0.29, 0.717) is 63.4 Å². The first-order chi connectivity index (χ1) is 25.0. The largest absolute Gasteiger partial charge is 0.327 e. The van der Waals surface area contributed by atoms with Crippen molar-refractivity contribution in [2.45, 2.75) is 108 Å². The Hall–Kier alpha value is -3.62. The fourth-order valence-corrected chi connectivity index (χ4v) is 11.1. The second kappa shape index (κ2) is 15.0. The van der Waals surface area contributed by atoms with Crippen LogP contribution in [0.3, 0.4) is 0 Å². The summed E-state index contributed by atoms with van der Waals surface area (Å²) >= 11 is 0. The Morgan fingerprint density at radius 1 is 0.654 bits per heavy atom. The van der Waals surface area contributed by atoms with Crippen LogP contribution in [0, 0.1) is 6.92 Å². The maximum Gasteiger partial charge on any atom is 0.243 e. The molecular weight excluding hydrogens is 695 g/mol. The van der Waals surface area contributed by atoms with Gasteiger partial charge in [-0.2, -0.15) is 8.61 Å². The van der Waals surface area contributed by atoms with E-state index >= 15 is 0 Å². The highest BCUT2D eigenvalue weighted by atomic mass is 32.2. The standard InChI is InChI=1S/C39H51N7O4S2/c1-5-45-36-19-17-31(51(47,48)43-21-11-7-12-22-43)25-34(36)40-38(45)27-42(30(4)33-16-10-9-15-29(33)3)28-39-41-35-26-32(18-20-37(35)46(39)6-2)52(49,50)44-23-13-8-14-24-44/h9-10,15-20,25-26,30H,5-8,11-14,21-24,27-28H2,1-4H3/t30-/m0/s1. The molecule has 278 valence electrons. The van der Waals surface area contributed by atoms with Crippen molar-refractivity contribution in [1.82, 2.24) is 32.6 Å². The molecule has 52 heavy (non-hydrogen) atoms. The fourth-order valence-electron chi connectivity index (χ4n) is 8.04. The van der Waals surface area contributed by atoms with Crippen LogP contribution in [0.5, 0.6) is 0 Å². The molecule has 3 aromatic carbocycles. The topological polar surface area (TPSA) is 114 Å². The molecule has 2 saturated heterocycles. The van der Waals surface area contributed by atoms with E-state index in [-0.39, 0.29) is 15.8 Å². The number of rotatable bonds is 12. The molecule has 0 bridgehead atoms. The summed E-state index contributed by atoms with van der Waals surface area (Å²) in [6.45, 7) is 13.1. The normalized spacial score (nSPS) is 17.4. The summed E-state index contributed by atoms with van der Waals surface area (Å²) in [5.74, 6) is 1.69. The van der Waals surface area contributed by atoms with Crippen LogP contribution in [0.25, 0.3) is 22.1 Å². The molecule has 2 aromatic heterocycles. The van der Waals surface area contributed by atoms with Crippen LogP contribution in [0.2, 0.25) is 0 Å². The van der Waals surface area contributed by atoms with Crippen molar-refractivity contribution in [2.75, 3.05) is 26.2 Å². The lowest BCUT2D eigenvalue weighted by Crippen LogP contribution is -2.35. The van der Waals surface area contributed by atoms with Gasteiger partial charge in [0.25, 0.3) is 0 Å². The van der Waals surface area contributed by atoms with Crippen LogP contribution in [-0.4, -0.2) is 75.6 Å². The number of piperidine rings is 2.